The lowest BCUT2D eigenvalue weighted by atomic mass is 9.94. The Labute approximate surface area is 116 Å². The minimum atomic E-state index is -1.99. The third kappa shape index (κ3) is 3.25. The number of carboxylic acid groups (broad SMARTS) is 1. The van der Waals surface area contributed by atoms with Crippen molar-refractivity contribution in [3.8, 4) is 0 Å². The van der Waals surface area contributed by atoms with E-state index in [1.165, 1.54) is 6.92 Å². The molecule has 0 aromatic heterocycles. The van der Waals surface area contributed by atoms with Gasteiger partial charge in [0.2, 0.25) is 5.54 Å². The normalized spacial score (nSPS) is 13.1. The molecule has 1 rings (SSSR count). The van der Waals surface area contributed by atoms with Crippen LogP contribution in [0.25, 0.3) is 0 Å². The van der Waals surface area contributed by atoms with Crippen LogP contribution in [-0.4, -0.2) is 28.6 Å². The summed E-state index contributed by atoms with van der Waals surface area (Å²) in [5.41, 5.74) is 4.65. The van der Waals surface area contributed by atoms with Crippen LogP contribution >= 0.6 is 0 Å². The molecule has 1 aromatic rings. The van der Waals surface area contributed by atoms with E-state index in [1.807, 2.05) is 12.2 Å². The number of primary amides is 1. The first-order chi connectivity index (χ1) is 9.31. The van der Waals surface area contributed by atoms with Gasteiger partial charge in [-0.25, -0.2) is 4.79 Å². The Morgan fingerprint density at radius 3 is 2.20 bits per heavy atom. The third-order valence-corrected chi connectivity index (χ3v) is 2.97. The molecule has 0 fully saturated rings. The number of benzene rings is 1. The van der Waals surface area contributed by atoms with E-state index >= 15 is 0 Å². The summed E-state index contributed by atoms with van der Waals surface area (Å²) in [6, 6.07) is 6.85. The number of nitrogens with one attached hydrogen (secondary N) is 2. The molecule has 0 unspecified atom stereocenters. The van der Waals surface area contributed by atoms with Gasteiger partial charge in [-0.2, -0.15) is 0 Å². The Bertz CT molecular complexity index is 527. The second-order valence-electron chi connectivity index (χ2n) is 4.37. The Hall–Kier alpha value is -2.57. The van der Waals surface area contributed by atoms with Gasteiger partial charge in [-0.1, -0.05) is 24.6 Å². The Morgan fingerprint density at radius 1 is 1.25 bits per heavy atom. The number of hydrogen-bond donors (Lipinski definition) is 4. The minimum Gasteiger partial charge on any atom is -0.465 e. The maximum absolute atomic E-state index is 12.2. The predicted molar refractivity (Wildman–Crippen MR) is 73.2 cm³/mol. The SMILES string of the molecule is CC[C@](NC(=O)O)(C(N)=O)C(=O)Nc1ccc(C)cc1. The van der Waals surface area contributed by atoms with E-state index in [1.54, 1.807) is 24.3 Å². The molecular weight excluding hydrogens is 262 g/mol. The fourth-order valence-electron chi connectivity index (χ4n) is 1.71. The molecule has 0 aliphatic carbocycles. The van der Waals surface area contributed by atoms with Crippen molar-refractivity contribution in [1.29, 1.82) is 0 Å². The molecule has 3 amide bonds. The summed E-state index contributed by atoms with van der Waals surface area (Å²) < 4.78 is 0. The molecule has 0 saturated carbocycles. The van der Waals surface area contributed by atoms with Crippen molar-refractivity contribution in [2.24, 2.45) is 5.73 Å². The largest absolute Gasteiger partial charge is 0.465 e. The quantitative estimate of drug-likeness (QED) is 0.596. The van der Waals surface area contributed by atoms with Gasteiger partial charge in [-0.05, 0) is 25.5 Å². The summed E-state index contributed by atoms with van der Waals surface area (Å²) in [5, 5.41) is 13.2. The van der Waals surface area contributed by atoms with Crippen LogP contribution in [0.5, 0.6) is 0 Å². The molecule has 20 heavy (non-hydrogen) atoms. The van der Waals surface area contributed by atoms with Crippen molar-refractivity contribution in [1.82, 2.24) is 5.32 Å². The van der Waals surface area contributed by atoms with Gasteiger partial charge in [0.1, 0.15) is 0 Å². The second-order valence-corrected chi connectivity index (χ2v) is 4.37. The number of carbonyl (C=O) groups excluding carboxylic acids is 2. The molecule has 1 atom stereocenters. The topological polar surface area (TPSA) is 122 Å². The monoisotopic (exact) mass is 279 g/mol. The highest BCUT2D eigenvalue weighted by Crippen LogP contribution is 2.15. The highest BCUT2D eigenvalue weighted by atomic mass is 16.4. The molecule has 0 spiro atoms. The Balaban J connectivity index is 3.02. The Kier molecular flexibility index (Phi) is 4.68. The molecule has 0 aliphatic heterocycles. The van der Waals surface area contributed by atoms with Crippen LogP contribution in [-0.2, 0) is 9.59 Å². The van der Waals surface area contributed by atoms with Gasteiger partial charge in [-0.15, -0.1) is 0 Å². The van der Waals surface area contributed by atoms with E-state index < -0.39 is 23.4 Å². The number of nitrogens with two attached hydrogens (primary N) is 1. The molecule has 0 aliphatic rings. The molecule has 5 N–H and O–H groups in total. The van der Waals surface area contributed by atoms with Gasteiger partial charge in [0, 0.05) is 5.69 Å². The average molecular weight is 279 g/mol. The fraction of sp³-hybridized carbons (Fsp3) is 0.308. The Morgan fingerprint density at radius 2 is 1.80 bits per heavy atom. The smallest absolute Gasteiger partial charge is 0.405 e. The van der Waals surface area contributed by atoms with Gasteiger partial charge < -0.3 is 16.2 Å². The van der Waals surface area contributed by atoms with Crippen molar-refractivity contribution in [2.75, 3.05) is 5.32 Å². The summed E-state index contributed by atoms with van der Waals surface area (Å²) >= 11 is 0. The molecule has 0 bridgehead atoms. The average Bonchev–Trinajstić information content (AvgIpc) is 2.37. The lowest BCUT2D eigenvalue weighted by Crippen LogP contribution is -2.63. The standard InChI is InChI=1S/C13H17N3O4/c1-3-13(10(14)17,16-12(19)20)11(18)15-9-6-4-8(2)5-7-9/h4-7,16H,3H2,1-2H3,(H2,14,17)(H,15,18)(H,19,20)/t13-/m0/s1. The summed E-state index contributed by atoms with van der Waals surface area (Å²) in [5.74, 6) is -1.86. The number of carbonyl (C=O) groups is 3. The molecule has 108 valence electrons. The molecule has 0 saturated heterocycles. The first-order valence-corrected chi connectivity index (χ1v) is 6.01. The number of anilines is 1. The number of hydrogen-bond acceptors (Lipinski definition) is 3. The fourth-order valence-corrected chi connectivity index (χ4v) is 1.71. The summed E-state index contributed by atoms with van der Waals surface area (Å²) in [7, 11) is 0. The van der Waals surface area contributed by atoms with E-state index in [2.05, 4.69) is 5.32 Å². The van der Waals surface area contributed by atoms with Crippen molar-refractivity contribution < 1.29 is 19.5 Å². The molecule has 7 nitrogen and oxygen atoms in total. The van der Waals surface area contributed by atoms with Crippen LogP contribution in [0.15, 0.2) is 24.3 Å². The molecule has 0 heterocycles. The third-order valence-electron chi connectivity index (χ3n) is 2.97. The number of amides is 3. The molecular formula is C13H17N3O4. The number of aryl methyl sites for hydroxylation is 1. The maximum Gasteiger partial charge on any atom is 0.405 e. The van der Waals surface area contributed by atoms with Gasteiger partial charge in [0.25, 0.3) is 11.8 Å². The summed E-state index contributed by atoms with van der Waals surface area (Å²) in [6.45, 7) is 3.38. The lowest BCUT2D eigenvalue weighted by molar-refractivity contribution is -0.134. The van der Waals surface area contributed by atoms with E-state index in [0.717, 1.165) is 5.56 Å². The predicted octanol–water partition coefficient (Wildman–Crippen LogP) is 0.835. The zero-order chi connectivity index (χ0) is 15.3. The summed E-state index contributed by atoms with van der Waals surface area (Å²) in [6.07, 6.45) is -1.59. The van der Waals surface area contributed by atoms with Crippen molar-refractivity contribution >= 4 is 23.6 Å². The first-order valence-electron chi connectivity index (χ1n) is 6.01. The van der Waals surface area contributed by atoms with Crippen LogP contribution in [0, 0.1) is 6.92 Å². The van der Waals surface area contributed by atoms with Gasteiger partial charge >= 0.3 is 6.09 Å². The van der Waals surface area contributed by atoms with Crippen LogP contribution in [0.2, 0.25) is 0 Å². The highest BCUT2D eigenvalue weighted by Gasteiger charge is 2.44. The van der Waals surface area contributed by atoms with Crippen LogP contribution in [0.4, 0.5) is 10.5 Å². The molecule has 7 heteroatoms. The van der Waals surface area contributed by atoms with Crippen LogP contribution < -0.4 is 16.4 Å². The molecule has 1 aromatic carbocycles. The first kappa shape index (κ1) is 15.5. The van der Waals surface area contributed by atoms with E-state index in [0.29, 0.717) is 5.69 Å². The van der Waals surface area contributed by atoms with Gasteiger partial charge in [-0.3, -0.25) is 14.9 Å². The van der Waals surface area contributed by atoms with Gasteiger partial charge in [0.15, 0.2) is 0 Å². The van der Waals surface area contributed by atoms with E-state index in [9.17, 15) is 14.4 Å². The van der Waals surface area contributed by atoms with E-state index in [-0.39, 0.29) is 6.42 Å². The van der Waals surface area contributed by atoms with Crippen molar-refractivity contribution in [3.63, 3.8) is 0 Å². The van der Waals surface area contributed by atoms with Crippen LogP contribution in [0.3, 0.4) is 0 Å². The minimum absolute atomic E-state index is 0.0909. The number of rotatable bonds is 5. The zero-order valence-electron chi connectivity index (χ0n) is 11.3. The highest BCUT2D eigenvalue weighted by molar-refractivity contribution is 6.15. The zero-order valence-corrected chi connectivity index (χ0v) is 11.3. The van der Waals surface area contributed by atoms with Crippen LogP contribution in [0.1, 0.15) is 18.9 Å². The summed E-state index contributed by atoms with van der Waals surface area (Å²) in [4.78, 5) is 34.5. The second kappa shape index (κ2) is 6.05. The van der Waals surface area contributed by atoms with Crippen molar-refractivity contribution in [3.05, 3.63) is 29.8 Å². The van der Waals surface area contributed by atoms with E-state index in [4.69, 9.17) is 10.8 Å². The van der Waals surface area contributed by atoms with Crippen molar-refractivity contribution in [2.45, 2.75) is 25.8 Å². The molecule has 0 radical (unpaired) electrons. The van der Waals surface area contributed by atoms with Gasteiger partial charge in [0.05, 0.1) is 0 Å². The lowest BCUT2D eigenvalue weighted by Gasteiger charge is -2.27. The maximum atomic E-state index is 12.2.